The summed E-state index contributed by atoms with van der Waals surface area (Å²) in [5.74, 6) is 0.899. The lowest BCUT2D eigenvalue weighted by molar-refractivity contribution is 0.414. The van der Waals surface area contributed by atoms with E-state index in [1.807, 2.05) is 24.3 Å². The van der Waals surface area contributed by atoms with Crippen molar-refractivity contribution in [2.24, 2.45) is 0 Å². The van der Waals surface area contributed by atoms with Gasteiger partial charge in [-0.2, -0.15) is 5.26 Å². The number of ether oxygens (including phenoxy) is 1. The molecule has 0 fully saturated rings. The number of nitrogens with zero attached hydrogens (tertiary/aromatic N) is 1. The Labute approximate surface area is 114 Å². The molecule has 19 heavy (non-hydrogen) atoms. The van der Waals surface area contributed by atoms with E-state index < -0.39 is 0 Å². The Balaban J connectivity index is 2.01. The lowest BCUT2D eigenvalue weighted by Crippen LogP contribution is -1.93. The summed E-state index contributed by atoms with van der Waals surface area (Å²) in [4.78, 5) is 0. The maximum absolute atomic E-state index is 8.71. The third-order valence-electron chi connectivity index (χ3n) is 3.11. The molecule has 0 aliphatic rings. The van der Waals surface area contributed by atoms with Crippen molar-refractivity contribution in [2.45, 2.75) is 19.3 Å². The van der Waals surface area contributed by atoms with Gasteiger partial charge in [-0.1, -0.05) is 36.4 Å². The second-order valence-corrected chi connectivity index (χ2v) is 4.51. The summed E-state index contributed by atoms with van der Waals surface area (Å²) in [5, 5.41) is 8.71. The number of nitriles is 1. The van der Waals surface area contributed by atoms with Crippen molar-refractivity contribution >= 4 is 0 Å². The molecule has 0 spiro atoms. The second-order valence-electron chi connectivity index (χ2n) is 4.51. The number of benzene rings is 2. The van der Waals surface area contributed by atoms with Crippen molar-refractivity contribution < 1.29 is 4.74 Å². The van der Waals surface area contributed by atoms with E-state index in [0.29, 0.717) is 6.42 Å². The molecule has 2 aromatic carbocycles. The van der Waals surface area contributed by atoms with Gasteiger partial charge in [-0.05, 0) is 41.7 Å². The fourth-order valence-electron chi connectivity index (χ4n) is 2.10. The molecule has 0 saturated heterocycles. The molecule has 96 valence electrons. The lowest BCUT2D eigenvalue weighted by atomic mass is 10.0. The molecule has 0 saturated carbocycles. The summed E-state index contributed by atoms with van der Waals surface area (Å²) in [6.45, 7) is 0. The van der Waals surface area contributed by atoms with Crippen LogP contribution in [0.3, 0.4) is 0 Å². The van der Waals surface area contributed by atoms with E-state index in [4.69, 9.17) is 10.00 Å². The van der Waals surface area contributed by atoms with Gasteiger partial charge in [0.25, 0.3) is 0 Å². The van der Waals surface area contributed by atoms with Gasteiger partial charge in [0.15, 0.2) is 0 Å². The molecule has 0 amide bonds. The van der Waals surface area contributed by atoms with E-state index in [0.717, 1.165) is 24.2 Å². The minimum Gasteiger partial charge on any atom is -0.497 e. The van der Waals surface area contributed by atoms with Crippen LogP contribution in [0.15, 0.2) is 48.5 Å². The van der Waals surface area contributed by atoms with Gasteiger partial charge in [0.1, 0.15) is 5.75 Å². The molecule has 0 radical (unpaired) electrons. The average molecular weight is 251 g/mol. The van der Waals surface area contributed by atoms with Crippen molar-refractivity contribution in [1.82, 2.24) is 0 Å². The molecule has 2 aromatic rings. The summed E-state index contributed by atoms with van der Waals surface area (Å²) in [6.07, 6.45) is 2.44. The Morgan fingerprint density at radius 1 is 0.947 bits per heavy atom. The van der Waals surface area contributed by atoms with Gasteiger partial charge in [-0.15, -0.1) is 0 Å². The number of methoxy groups -OCH3 is 1. The van der Waals surface area contributed by atoms with E-state index in [9.17, 15) is 0 Å². The maximum Gasteiger partial charge on any atom is 0.119 e. The highest BCUT2D eigenvalue weighted by Crippen LogP contribution is 2.15. The quantitative estimate of drug-likeness (QED) is 0.814. The Morgan fingerprint density at radius 2 is 1.58 bits per heavy atom. The number of aryl methyl sites for hydroxylation is 2. The lowest BCUT2D eigenvalue weighted by Gasteiger charge is -2.05. The molecule has 2 nitrogen and oxygen atoms in total. The molecule has 2 heteroatoms. The first-order valence-electron chi connectivity index (χ1n) is 6.39. The first kappa shape index (κ1) is 13.2. The molecule has 2 rings (SSSR count). The Bertz CT molecular complexity index is 584. The molecule has 0 heterocycles. The third-order valence-corrected chi connectivity index (χ3v) is 3.11. The van der Waals surface area contributed by atoms with Crippen LogP contribution in [0.5, 0.6) is 5.75 Å². The van der Waals surface area contributed by atoms with E-state index >= 15 is 0 Å². The fraction of sp³-hybridized carbons (Fsp3) is 0.235. The van der Waals surface area contributed by atoms with Crippen LogP contribution in [0.25, 0.3) is 0 Å². The van der Waals surface area contributed by atoms with Crippen molar-refractivity contribution in [1.29, 1.82) is 5.26 Å². The summed E-state index contributed by atoms with van der Waals surface area (Å²) in [5.41, 5.74) is 3.63. The standard InChI is InChI=1S/C17H17NO/c1-19-17-7-3-6-15(13-17)9-8-14-4-2-5-16(12-14)10-11-18/h2-7,12-13H,8-10H2,1H3. The highest BCUT2D eigenvalue weighted by Gasteiger charge is 1.99. The SMILES string of the molecule is COc1cccc(CCc2cccc(CC#N)c2)c1. The molecule has 0 unspecified atom stereocenters. The number of hydrogen-bond acceptors (Lipinski definition) is 2. The summed E-state index contributed by atoms with van der Waals surface area (Å²) in [6, 6.07) is 18.6. The normalized spacial score (nSPS) is 9.89. The molecule has 0 N–H and O–H groups in total. The van der Waals surface area contributed by atoms with E-state index in [1.54, 1.807) is 7.11 Å². The molecule has 0 aliphatic heterocycles. The van der Waals surface area contributed by atoms with Crippen LogP contribution in [-0.2, 0) is 19.3 Å². The first-order chi connectivity index (χ1) is 9.31. The van der Waals surface area contributed by atoms with Gasteiger partial charge in [0.2, 0.25) is 0 Å². The van der Waals surface area contributed by atoms with E-state index in [-0.39, 0.29) is 0 Å². The van der Waals surface area contributed by atoms with Gasteiger partial charge < -0.3 is 4.74 Å². The van der Waals surface area contributed by atoms with Crippen molar-refractivity contribution in [3.05, 3.63) is 65.2 Å². The summed E-state index contributed by atoms with van der Waals surface area (Å²) in [7, 11) is 1.68. The smallest absolute Gasteiger partial charge is 0.119 e. The van der Waals surface area contributed by atoms with Gasteiger partial charge in [-0.3, -0.25) is 0 Å². The van der Waals surface area contributed by atoms with E-state index in [2.05, 4.69) is 30.3 Å². The molecule has 0 aromatic heterocycles. The van der Waals surface area contributed by atoms with Crippen LogP contribution in [0.1, 0.15) is 16.7 Å². The van der Waals surface area contributed by atoms with Gasteiger partial charge in [0, 0.05) is 0 Å². The largest absolute Gasteiger partial charge is 0.497 e. The summed E-state index contributed by atoms with van der Waals surface area (Å²) >= 11 is 0. The minimum atomic E-state index is 0.479. The highest BCUT2D eigenvalue weighted by atomic mass is 16.5. The Kier molecular flexibility index (Phi) is 4.58. The zero-order valence-corrected chi connectivity index (χ0v) is 11.1. The zero-order valence-electron chi connectivity index (χ0n) is 11.1. The number of rotatable bonds is 5. The monoisotopic (exact) mass is 251 g/mol. The van der Waals surface area contributed by atoms with Crippen LogP contribution < -0.4 is 4.74 Å². The Morgan fingerprint density at radius 3 is 2.26 bits per heavy atom. The topological polar surface area (TPSA) is 33.0 Å². The van der Waals surface area contributed by atoms with Crippen molar-refractivity contribution in [2.75, 3.05) is 7.11 Å². The van der Waals surface area contributed by atoms with Gasteiger partial charge in [0.05, 0.1) is 19.6 Å². The fourth-order valence-corrected chi connectivity index (χ4v) is 2.10. The minimum absolute atomic E-state index is 0.479. The van der Waals surface area contributed by atoms with Crippen molar-refractivity contribution in [3.63, 3.8) is 0 Å². The molecular weight excluding hydrogens is 234 g/mol. The molecule has 0 bridgehead atoms. The van der Waals surface area contributed by atoms with Crippen LogP contribution in [0.4, 0.5) is 0 Å². The van der Waals surface area contributed by atoms with Gasteiger partial charge >= 0.3 is 0 Å². The maximum atomic E-state index is 8.71. The molecule has 0 atom stereocenters. The Hall–Kier alpha value is -2.27. The number of hydrogen-bond donors (Lipinski definition) is 0. The highest BCUT2D eigenvalue weighted by molar-refractivity contribution is 5.30. The second kappa shape index (κ2) is 6.61. The van der Waals surface area contributed by atoms with Crippen LogP contribution in [-0.4, -0.2) is 7.11 Å². The molecular formula is C17H17NO. The first-order valence-corrected chi connectivity index (χ1v) is 6.39. The third kappa shape index (κ3) is 3.86. The average Bonchev–Trinajstić information content (AvgIpc) is 2.46. The molecule has 0 aliphatic carbocycles. The predicted octanol–water partition coefficient (Wildman–Crippen LogP) is 3.55. The summed E-state index contributed by atoms with van der Waals surface area (Å²) < 4.78 is 5.22. The van der Waals surface area contributed by atoms with E-state index in [1.165, 1.54) is 11.1 Å². The van der Waals surface area contributed by atoms with Crippen molar-refractivity contribution in [3.8, 4) is 11.8 Å². The predicted molar refractivity (Wildman–Crippen MR) is 76.2 cm³/mol. The van der Waals surface area contributed by atoms with Gasteiger partial charge in [-0.25, -0.2) is 0 Å². The zero-order chi connectivity index (χ0) is 13.5. The van der Waals surface area contributed by atoms with Crippen LogP contribution in [0, 0.1) is 11.3 Å². The van der Waals surface area contributed by atoms with Crippen LogP contribution in [0.2, 0.25) is 0 Å². The van der Waals surface area contributed by atoms with Crippen LogP contribution >= 0.6 is 0 Å².